The van der Waals surface area contributed by atoms with Crippen molar-refractivity contribution in [2.45, 2.75) is 27.7 Å². The lowest BCUT2D eigenvalue weighted by atomic mass is 10.1. The first-order valence-electron chi connectivity index (χ1n) is 19.1. The molecule has 0 N–H and O–H groups in total. The van der Waals surface area contributed by atoms with E-state index in [9.17, 15) is 0 Å². The summed E-state index contributed by atoms with van der Waals surface area (Å²) in [7, 11) is -9.89. The molecule has 0 spiro atoms. The van der Waals surface area contributed by atoms with Gasteiger partial charge in [0, 0.05) is 44.6 Å². The summed E-state index contributed by atoms with van der Waals surface area (Å²) >= 11 is 0. The first kappa shape index (κ1) is 45.1. The number of fused-ring (bicyclic) bond motifs is 6. The van der Waals surface area contributed by atoms with Crippen molar-refractivity contribution in [3.05, 3.63) is 168 Å². The van der Waals surface area contributed by atoms with Crippen LogP contribution in [-0.4, -0.2) is 39.2 Å². The molecular weight excluding hydrogens is 867 g/mol. The minimum absolute atomic E-state index is 0.655. The highest BCUT2D eigenvalue weighted by atomic mass is 35.7. The molecule has 0 saturated carbocycles. The second kappa shape index (κ2) is 18.8. The molecule has 0 atom stereocenters. The van der Waals surface area contributed by atoms with Gasteiger partial charge in [0.1, 0.15) is 22.8 Å². The Morgan fingerprint density at radius 3 is 0.969 bits per heavy atom. The molecule has 0 saturated heterocycles. The Labute approximate surface area is 368 Å². The van der Waals surface area contributed by atoms with Gasteiger partial charge in [-0.3, -0.25) is 0 Å². The highest BCUT2D eigenvalue weighted by molar-refractivity contribution is 5.71. The molecule has 0 bridgehead atoms. The van der Waals surface area contributed by atoms with E-state index in [0.717, 1.165) is 79.4 Å². The summed E-state index contributed by atoms with van der Waals surface area (Å²) in [4.78, 5) is 19.1. The summed E-state index contributed by atoms with van der Waals surface area (Å²) in [5.41, 5.74) is 12.1. The monoisotopic (exact) mass is 902 g/mol. The highest BCUT2D eigenvalue weighted by Crippen LogP contribution is 2.27. The van der Waals surface area contributed by atoms with E-state index in [1.807, 2.05) is 117 Å². The zero-order chi connectivity index (χ0) is 45.8. The minimum Gasteiger partial charge on any atom is -0.222 e. The third kappa shape index (κ3) is 11.0. The third-order valence-corrected chi connectivity index (χ3v) is 9.37. The second-order valence-electron chi connectivity index (χ2n) is 14.0. The standard InChI is InChI=1S/2C22H18N5.2ClHO4/c2*1-15-13-16(2)26-21(23-15)25-27-20(18-11-7-4-8-12-18)14-19(24-22(26)27)17-9-5-3-6-10-17;2*2-1(3,4)5/h2*3-14H,1-2H3;2*(H,2,3,4,5)/q2*+1;;/p-2. The lowest BCUT2D eigenvalue weighted by Crippen LogP contribution is -2.68. The number of halogens is 2. The molecule has 4 aromatic carbocycles. The van der Waals surface area contributed by atoms with Crippen molar-refractivity contribution in [1.29, 1.82) is 0 Å². The van der Waals surface area contributed by atoms with Crippen LogP contribution in [0.3, 0.4) is 0 Å². The zero-order valence-corrected chi connectivity index (χ0v) is 35.9. The van der Waals surface area contributed by atoms with Crippen LogP contribution >= 0.6 is 0 Å². The van der Waals surface area contributed by atoms with Gasteiger partial charge in [0.15, 0.2) is 0 Å². The van der Waals surface area contributed by atoms with Crippen LogP contribution in [0.15, 0.2) is 146 Å². The summed E-state index contributed by atoms with van der Waals surface area (Å²) in [6.45, 7) is 8.08. The number of aryl methyl sites for hydroxylation is 4. The summed E-state index contributed by atoms with van der Waals surface area (Å²) in [5, 5.41) is 9.51. The normalized spacial score (nSPS) is 11.4. The SMILES string of the molecule is Cc1cc(C)[n+]2c(n1)nn1c(-c3ccccc3)cc(-c3ccccc3)nc12.Cc1cc(C)[n+]2c(n1)nn1c(-c3ccccc3)cc(-c3ccccc3)nc12.[O-][Cl+3]([O-])([O-])[O-].[O-][Cl+3]([O-])([O-])[O-]. The van der Waals surface area contributed by atoms with Gasteiger partial charge in [-0.25, -0.2) is 37.3 Å². The third-order valence-electron chi connectivity index (χ3n) is 9.37. The maximum Gasteiger partial charge on any atom is 0.389 e. The predicted molar refractivity (Wildman–Crippen MR) is 209 cm³/mol. The largest absolute Gasteiger partial charge is 0.389 e. The van der Waals surface area contributed by atoms with E-state index in [-0.39, 0.29) is 0 Å². The molecule has 0 radical (unpaired) electrons. The Balaban J connectivity index is 0.000000158. The van der Waals surface area contributed by atoms with Gasteiger partial charge in [0.05, 0.1) is 22.8 Å². The molecule has 64 heavy (non-hydrogen) atoms. The van der Waals surface area contributed by atoms with Crippen LogP contribution in [0.1, 0.15) is 22.8 Å². The average molecular weight is 904 g/mol. The van der Waals surface area contributed by atoms with Gasteiger partial charge >= 0.3 is 23.1 Å². The summed E-state index contributed by atoms with van der Waals surface area (Å²) < 4.78 is 75.7. The lowest BCUT2D eigenvalue weighted by Gasteiger charge is -2.17. The Hall–Kier alpha value is -6.94. The van der Waals surface area contributed by atoms with Gasteiger partial charge in [0.2, 0.25) is 0 Å². The van der Waals surface area contributed by atoms with E-state index in [4.69, 9.17) is 57.4 Å². The van der Waals surface area contributed by atoms with E-state index < -0.39 is 20.5 Å². The van der Waals surface area contributed by atoms with Gasteiger partial charge in [-0.1, -0.05) is 130 Å². The molecule has 6 heterocycles. The Kier molecular flexibility index (Phi) is 13.3. The minimum atomic E-state index is -4.94. The van der Waals surface area contributed by atoms with Crippen LogP contribution in [0.4, 0.5) is 0 Å². The van der Waals surface area contributed by atoms with Gasteiger partial charge < -0.3 is 0 Å². The van der Waals surface area contributed by atoms with Crippen LogP contribution in [0.5, 0.6) is 0 Å². The summed E-state index contributed by atoms with van der Waals surface area (Å²) in [5.74, 6) is 2.83. The van der Waals surface area contributed by atoms with Crippen molar-refractivity contribution in [2.75, 3.05) is 0 Å². The van der Waals surface area contributed by atoms with E-state index >= 15 is 0 Å². The van der Waals surface area contributed by atoms with Gasteiger partial charge in [-0.15, -0.1) is 40.4 Å². The van der Waals surface area contributed by atoms with Gasteiger partial charge in [0.25, 0.3) is 0 Å². The van der Waals surface area contributed by atoms with E-state index in [0.29, 0.717) is 11.6 Å². The second-order valence-corrected chi connectivity index (χ2v) is 15.6. The summed E-state index contributed by atoms with van der Waals surface area (Å²) in [6, 6.07) is 49.3. The molecular formula is C44H36Cl2N10O8. The van der Waals surface area contributed by atoms with Crippen molar-refractivity contribution in [3.63, 3.8) is 0 Å². The number of hydrogen-bond acceptors (Lipinski definition) is 14. The molecule has 20 heteroatoms. The van der Waals surface area contributed by atoms with E-state index in [2.05, 4.69) is 84.5 Å². The average Bonchev–Trinajstić information content (AvgIpc) is 3.81. The Bertz CT molecular complexity index is 2980. The molecule has 324 valence electrons. The smallest absolute Gasteiger partial charge is 0.222 e. The molecule has 0 unspecified atom stereocenters. The fraction of sp³-hybridized carbons (Fsp3) is 0.0909. The topological polar surface area (TPSA) is 279 Å². The van der Waals surface area contributed by atoms with Crippen molar-refractivity contribution in [1.82, 2.24) is 39.2 Å². The number of rotatable bonds is 4. The maximum atomic E-state index is 8.49. The Morgan fingerprint density at radius 1 is 0.391 bits per heavy atom. The van der Waals surface area contributed by atoms with Crippen LogP contribution in [0.2, 0.25) is 0 Å². The summed E-state index contributed by atoms with van der Waals surface area (Å²) in [6.07, 6.45) is 0. The molecule has 0 aliphatic carbocycles. The van der Waals surface area contributed by atoms with Gasteiger partial charge in [-0.2, -0.15) is 8.80 Å². The van der Waals surface area contributed by atoms with E-state index in [1.165, 1.54) is 0 Å². The first-order chi connectivity index (χ1) is 30.4. The zero-order valence-electron chi connectivity index (χ0n) is 34.4. The highest BCUT2D eigenvalue weighted by Gasteiger charge is 2.25. The molecule has 10 rings (SSSR count). The first-order valence-corrected chi connectivity index (χ1v) is 21.5. The fourth-order valence-electron chi connectivity index (χ4n) is 6.94. The van der Waals surface area contributed by atoms with Crippen LogP contribution in [0, 0.1) is 48.2 Å². The molecule has 0 amide bonds. The van der Waals surface area contributed by atoms with Crippen molar-refractivity contribution >= 4 is 23.1 Å². The van der Waals surface area contributed by atoms with Crippen molar-refractivity contribution < 1.29 is 66.6 Å². The number of nitrogens with zero attached hydrogens (tertiary/aromatic N) is 10. The Morgan fingerprint density at radius 2 is 0.672 bits per heavy atom. The molecule has 10 aromatic rings. The lowest BCUT2D eigenvalue weighted by molar-refractivity contribution is -2.00. The van der Waals surface area contributed by atoms with Crippen molar-refractivity contribution in [2.24, 2.45) is 0 Å². The molecule has 0 aliphatic heterocycles. The van der Waals surface area contributed by atoms with Crippen molar-refractivity contribution in [3.8, 4) is 45.0 Å². The maximum absolute atomic E-state index is 8.49. The number of benzene rings is 4. The van der Waals surface area contributed by atoms with E-state index in [1.54, 1.807) is 0 Å². The van der Waals surface area contributed by atoms with Crippen LogP contribution in [-0.2, 0) is 0 Å². The number of aromatic nitrogens is 10. The molecule has 6 aromatic heterocycles. The molecule has 0 fully saturated rings. The van der Waals surface area contributed by atoms with Crippen LogP contribution in [0.25, 0.3) is 68.1 Å². The van der Waals surface area contributed by atoms with Gasteiger partial charge in [-0.05, 0) is 39.8 Å². The number of hydrogen-bond donors (Lipinski definition) is 0. The molecule has 0 aliphatic rings. The predicted octanol–water partition coefficient (Wildman–Crippen LogP) is -1.88. The van der Waals surface area contributed by atoms with Crippen LogP contribution < -0.4 is 46.1 Å². The fourth-order valence-corrected chi connectivity index (χ4v) is 6.94. The quantitative estimate of drug-likeness (QED) is 0.175. The molecule has 18 nitrogen and oxygen atoms in total.